The van der Waals surface area contributed by atoms with Crippen LogP contribution in [0.3, 0.4) is 0 Å². The van der Waals surface area contributed by atoms with Gasteiger partial charge in [0.2, 0.25) is 0 Å². The maximum Gasteiger partial charge on any atom is 0.255 e. The summed E-state index contributed by atoms with van der Waals surface area (Å²) in [5.74, 6) is 0.853. The number of anilines is 1. The van der Waals surface area contributed by atoms with Gasteiger partial charge < -0.3 is 19.2 Å². The monoisotopic (exact) mass is 522 g/mol. The average Bonchev–Trinajstić information content (AvgIpc) is 3.20. The fourth-order valence-corrected chi connectivity index (χ4v) is 5.45. The quantitative estimate of drug-likeness (QED) is 0.349. The number of fused-ring (bicyclic) bond motifs is 2. The van der Waals surface area contributed by atoms with Gasteiger partial charge in [-0.3, -0.25) is 9.10 Å². The smallest absolute Gasteiger partial charge is 0.255 e. The number of hydrogen-bond acceptors (Lipinski definition) is 5. The van der Waals surface area contributed by atoms with Crippen molar-refractivity contribution >= 4 is 33.5 Å². The summed E-state index contributed by atoms with van der Waals surface area (Å²) in [5, 5.41) is 3.36. The Morgan fingerprint density at radius 3 is 2.35 bits per heavy atom. The molecule has 1 N–H and O–H groups in total. The minimum Gasteiger partial charge on any atom is -0.457 e. The van der Waals surface area contributed by atoms with Crippen LogP contribution in [0.2, 0.25) is 0 Å². The van der Waals surface area contributed by atoms with E-state index in [4.69, 9.17) is 13.9 Å². The van der Waals surface area contributed by atoms with Crippen molar-refractivity contribution in [1.29, 1.82) is 0 Å². The minimum atomic E-state index is -1.27. The second-order valence-electron chi connectivity index (χ2n) is 8.95. The number of nitrogens with zero attached hydrogens (tertiary/aromatic N) is 1. The van der Waals surface area contributed by atoms with Gasteiger partial charge in [-0.1, -0.05) is 0 Å². The summed E-state index contributed by atoms with van der Waals surface area (Å²) < 4.78 is 45.7. The molecule has 0 saturated heterocycles. The molecule has 4 aromatic rings. The standard InChI is InChI=1S/C28H27FN2O5S/c1-16-15-31(37(4)33)24-14-25-23(13-22(24)17(2)34-16)26(28(32)30-3)27(36-25)18-5-9-20(10-6-18)35-21-11-7-19(29)8-12-21/h5-14,16-17H,15H2,1-4H3,(H,30,32). The topological polar surface area (TPSA) is 81.0 Å². The van der Waals surface area contributed by atoms with Crippen LogP contribution in [0.4, 0.5) is 10.1 Å². The van der Waals surface area contributed by atoms with Crippen molar-refractivity contribution in [2.24, 2.45) is 0 Å². The predicted octanol–water partition coefficient (Wildman–Crippen LogP) is 5.97. The summed E-state index contributed by atoms with van der Waals surface area (Å²) in [6.45, 7) is 4.37. The van der Waals surface area contributed by atoms with Gasteiger partial charge in [-0.25, -0.2) is 8.60 Å². The molecule has 1 aromatic heterocycles. The van der Waals surface area contributed by atoms with Crippen LogP contribution in [0.25, 0.3) is 22.3 Å². The molecular formula is C28H27FN2O5S. The maximum absolute atomic E-state index is 13.2. The van der Waals surface area contributed by atoms with Crippen LogP contribution in [-0.4, -0.2) is 36.1 Å². The normalized spacial score (nSPS) is 18.2. The molecule has 37 heavy (non-hydrogen) atoms. The van der Waals surface area contributed by atoms with E-state index in [1.807, 2.05) is 26.0 Å². The van der Waals surface area contributed by atoms with Crippen molar-refractivity contribution in [1.82, 2.24) is 5.32 Å². The van der Waals surface area contributed by atoms with Crippen molar-refractivity contribution in [2.75, 3.05) is 24.2 Å². The first-order valence-corrected chi connectivity index (χ1v) is 13.4. The van der Waals surface area contributed by atoms with Crippen molar-refractivity contribution in [2.45, 2.75) is 26.1 Å². The summed E-state index contributed by atoms with van der Waals surface area (Å²) in [5.41, 5.74) is 3.20. The zero-order valence-electron chi connectivity index (χ0n) is 20.9. The van der Waals surface area contributed by atoms with Crippen molar-refractivity contribution in [3.05, 3.63) is 77.6 Å². The minimum absolute atomic E-state index is 0.123. The third-order valence-electron chi connectivity index (χ3n) is 6.33. The Hall–Kier alpha value is -3.69. The van der Waals surface area contributed by atoms with Gasteiger partial charge in [0.1, 0.15) is 39.6 Å². The summed E-state index contributed by atoms with van der Waals surface area (Å²) in [4.78, 5) is 13.0. The van der Waals surface area contributed by atoms with E-state index in [-0.39, 0.29) is 23.9 Å². The van der Waals surface area contributed by atoms with E-state index in [1.54, 1.807) is 54.0 Å². The molecule has 0 aliphatic carbocycles. The lowest BCUT2D eigenvalue weighted by atomic mass is 10.0. The Bertz CT molecular complexity index is 1480. The Kier molecular flexibility index (Phi) is 6.74. The number of benzene rings is 3. The SMILES string of the molecule is CNC(=O)c1c(-c2ccc(Oc3ccc(F)cc3)cc2)oc2cc3c(cc12)C(C)OC(C)CN3S(C)=O. The van der Waals surface area contributed by atoms with Gasteiger partial charge in [-0.05, 0) is 68.4 Å². The van der Waals surface area contributed by atoms with Crippen molar-refractivity contribution in [3.8, 4) is 22.8 Å². The van der Waals surface area contributed by atoms with Crippen LogP contribution in [0.5, 0.6) is 11.5 Å². The fourth-order valence-electron chi connectivity index (χ4n) is 4.60. The Morgan fingerprint density at radius 1 is 1.08 bits per heavy atom. The van der Waals surface area contributed by atoms with Crippen molar-refractivity contribution < 1.29 is 27.3 Å². The number of carbonyl (C=O) groups excluding carboxylic acids is 1. The molecule has 0 fully saturated rings. The maximum atomic E-state index is 13.2. The second-order valence-corrected chi connectivity index (χ2v) is 10.2. The number of hydrogen-bond donors (Lipinski definition) is 1. The highest BCUT2D eigenvalue weighted by atomic mass is 32.2. The molecule has 0 radical (unpaired) electrons. The first-order valence-electron chi connectivity index (χ1n) is 11.9. The van der Waals surface area contributed by atoms with Crippen LogP contribution in [-0.2, 0) is 15.7 Å². The third kappa shape index (κ3) is 4.84. The van der Waals surface area contributed by atoms with E-state index in [2.05, 4.69) is 5.32 Å². The molecule has 3 aromatic carbocycles. The zero-order chi connectivity index (χ0) is 26.3. The van der Waals surface area contributed by atoms with Gasteiger partial charge in [-0.15, -0.1) is 0 Å². The summed E-state index contributed by atoms with van der Waals surface area (Å²) in [6, 6.07) is 16.6. The highest BCUT2D eigenvalue weighted by Gasteiger charge is 2.30. The number of carbonyl (C=O) groups is 1. The molecule has 0 bridgehead atoms. The van der Waals surface area contributed by atoms with Gasteiger partial charge in [-0.2, -0.15) is 0 Å². The van der Waals surface area contributed by atoms with E-state index in [0.29, 0.717) is 45.9 Å². The lowest BCUT2D eigenvalue weighted by molar-refractivity contribution is 0.0175. The molecule has 5 rings (SSSR count). The van der Waals surface area contributed by atoms with Crippen molar-refractivity contribution in [3.63, 3.8) is 0 Å². The average molecular weight is 523 g/mol. The third-order valence-corrected chi connectivity index (χ3v) is 7.30. The Labute approximate surface area is 216 Å². The molecule has 7 nitrogen and oxygen atoms in total. The molecule has 0 saturated carbocycles. The molecule has 3 atom stereocenters. The summed E-state index contributed by atoms with van der Waals surface area (Å²) in [6.07, 6.45) is 1.25. The van der Waals surface area contributed by atoms with Crippen LogP contribution < -0.4 is 14.4 Å². The molecule has 1 aliphatic heterocycles. The van der Waals surface area contributed by atoms with Crippen LogP contribution in [0.1, 0.15) is 35.9 Å². The molecule has 3 unspecified atom stereocenters. The first kappa shape index (κ1) is 25.0. The van der Waals surface area contributed by atoms with Crippen LogP contribution in [0.15, 0.2) is 65.1 Å². The molecule has 1 amide bonds. The lowest BCUT2D eigenvalue weighted by Gasteiger charge is -2.22. The number of rotatable bonds is 5. The van der Waals surface area contributed by atoms with Gasteiger partial charge in [0.25, 0.3) is 5.91 Å². The van der Waals surface area contributed by atoms with E-state index >= 15 is 0 Å². The fraction of sp³-hybridized carbons (Fsp3) is 0.250. The van der Waals surface area contributed by atoms with Gasteiger partial charge in [0.05, 0.1) is 30.0 Å². The van der Waals surface area contributed by atoms with Gasteiger partial charge in [0.15, 0.2) is 0 Å². The number of halogens is 1. The lowest BCUT2D eigenvalue weighted by Crippen LogP contribution is -2.31. The highest BCUT2D eigenvalue weighted by Crippen LogP contribution is 2.42. The largest absolute Gasteiger partial charge is 0.457 e. The molecule has 0 spiro atoms. The Balaban J connectivity index is 1.60. The summed E-state index contributed by atoms with van der Waals surface area (Å²) >= 11 is 0. The van der Waals surface area contributed by atoms with Crippen LogP contribution in [0, 0.1) is 5.82 Å². The van der Waals surface area contributed by atoms with E-state index in [0.717, 1.165) is 11.3 Å². The van der Waals surface area contributed by atoms with E-state index in [9.17, 15) is 13.4 Å². The summed E-state index contributed by atoms with van der Waals surface area (Å²) in [7, 11) is 0.302. The van der Waals surface area contributed by atoms with E-state index in [1.165, 1.54) is 12.1 Å². The molecule has 9 heteroatoms. The zero-order valence-corrected chi connectivity index (χ0v) is 21.7. The molecular weight excluding hydrogens is 495 g/mol. The van der Waals surface area contributed by atoms with Gasteiger partial charge in [0, 0.05) is 35.9 Å². The first-order chi connectivity index (χ1) is 17.7. The van der Waals surface area contributed by atoms with Crippen LogP contribution >= 0.6 is 0 Å². The number of amides is 1. The highest BCUT2D eigenvalue weighted by molar-refractivity contribution is 7.85. The van der Waals surface area contributed by atoms with E-state index < -0.39 is 11.0 Å². The molecule has 2 heterocycles. The number of ether oxygens (including phenoxy) is 2. The molecule has 192 valence electrons. The predicted molar refractivity (Wildman–Crippen MR) is 142 cm³/mol. The number of furan rings is 1. The second kappa shape index (κ2) is 9.99. The Morgan fingerprint density at radius 2 is 1.73 bits per heavy atom. The number of nitrogens with one attached hydrogen (secondary N) is 1. The van der Waals surface area contributed by atoms with Gasteiger partial charge >= 0.3 is 0 Å². The molecule has 1 aliphatic rings.